The molecule has 0 saturated carbocycles. The lowest BCUT2D eigenvalue weighted by molar-refractivity contribution is -0.124. The van der Waals surface area contributed by atoms with E-state index in [1.54, 1.807) is 0 Å². The lowest BCUT2D eigenvalue weighted by atomic mass is 9.74. The van der Waals surface area contributed by atoms with Crippen LogP contribution in [-0.4, -0.2) is 42.5 Å². The van der Waals surface area contributed by atoms with Gasteiger partial charge in [0.15, 0.2) is 0 Å². The van der Waals surface area contributed by atoms with Gasteiger partial charge in [0.05, 0.1) is 5.54 Å². The van der Waals surface area contributed by atoms with E-state index in [0.29, 0.717) is 5.41 Å². The van der Waals surface area contributed by atoms with Crippen LogP contribution in [0.4, 0.5) is 0 Å². The Morgan fingerprint density at radius 2 is 1.81 bits per heavy atom. The number of piperidine rings is 1. The number of rotatable bonds is 9. The van der Waals surface area contributed by atoms with E-state index in [-0.39, 0.29) is 5.91 Å². The Labute approximate surface area is 130 Å². The van der Waals surface area contributed by atoms with Gasteiger partial charge >= 0.3 is 0 Å². The number of carbonyl (C=O) groups excluding carboxylic acids is 1. The molecule has 1 aliphatic heterocycles. The summed E-state index contributed by atoms with van der Waals surface area (Å²) in [6.07, 6.45) is 7.09. The third-order valence-electron chi connectivity index (χ3n) is 5.68. The maximum absolute atomic E-state index is 11.6. The molecule has 0 aliphatic carbocycles. The summed E-state index contributed by atoms with van der Waals surface area (Å²) in [4.78, 5) is 14.2. The molecule has 1 fully saturated rings. The van der Waals surface area contributed by atoms with Gasteiger partial charge < -0.3 is 16.0 Å². The molecule has 4 heteroatoms. The average Bonchev–Trinajstić information content (AvgIpc) is 2.48. The zero-order valence-corrected chi connectivity index (χ0v) is 14.5. The Bertz CT molecular complexity index is 318. The molecule has 0 radical (unpaired) electrons. The third kappa shape index (κ3) is 4.96. The van der Waals surface area contributed by atoms with Crippen LogP contribution < -0.4 is 11.1 Å². The number of nitrogens with zero attached hydrogens (tertiary/aromatic N) is 1. The molecule has 1 heterocycles. The smallest absolute Gasteiger partial charge is 0.237 e. The van der Waals surface area contributed by atoms with Gasteiger partial charge in [-0.1, -0.05) is 33.6 Å². The molecule has 124 valence electrons. The highest BCUT2D eigenvalue weighted by molar-refractivity contribution is 5.84. The summed E-state index contributed by atoms with van der Waals surface area (Å²) < 4.78 is 0. The lowest BCUT2D eigenvalue weighted by Crippen LogP contribution is -2.53. The molecular formula is C17H35N3O. The molecule has 1 amide bonds. The number of likely N-dealkylation sites (N-methyl/N-ethyl adjacent to an activating group) is 1. The second kappa shape index (κ2) is 8.14. The van der Waals surface area contributed by atoms with Crippen molar-refractivity contribution in [2.75, 3.05) is 26.2 Å². The first kappa shape index (κ1) is 18.4. The van der Waals surface area contributed by atoms with Gasteiger partial charge in [0.2, 0.25) is 5.91 Å². The Hall–Kier alpha value is -0.610. The van der Waals surface area contributed by atoms with Crippen LogP contribution in [0.2, 0.25) is 0 Å². The standard InChI is InChI=1S/C17H35N3O/c1-5-17(6-2)10-13-20(14-11-17)12-8-9-16(4,15(18)21)19-7-3/h19H,5-14H2,1-4H3,(H2,18,21). The second-order valence-electron chi connectivity index (χ2n) is 6.88. The first-order valence-electron chi connectivity index (χ1n) is 8.68. The number of hydrogen-bond donors (Lipinski definition) is 2. The van der Waals surface area contributed by atoms with Crippen LogP contribution in [0.25, 0.3) is 0 Å². The van der Waals surface area contributed by atoms with Crippen LogP contribution in [0.15, 0.2) is 0 Å². The summed E-state index contributed by atoms with van der Waals surface area (Å²) >= 11 is 0. The van der Waals surface area contributed by atoms with E-state index in [1.165, 1.54) is 38.8 Å². The number of nitrogens with one attached hydrogen (secondary N) is 1. The van der Waals surface area contributed by atoms with Crippen molar-refractivity contribution in [3.8, 4) is 0 Å². The number of nitrogens with two attached hydrogens (primary N) is 1. The predicted molar refractivity (Wildman–Crippen MR) is 89.2 cm³/mol. The van der Waals surface area contributed by atoms with Gasteiger partial charge in [0, 0.05) is 0 Å². The molecule has 21 heavy (non-hydrogen) atoms. The molecule has 1 unspecified atom stereocenters. The predicted octanol–water partition coefficient (Wildman–Crippen LogP) is 2.52. The van der Waals surface area contributed by atoms with Gasteiger partial charge in [0.1, 0.15) is 0 Å². The van der Waals surface area contributed by atoms with E-state index in [2.05, 4.69) is 24.1 Å². The zero-order chi connectivity index (χ0) is 15.9. The van der Waals surface area contributed by atoms with Crippen molar-refractivity contribution >= 4 is 5.91 Å². The minimum absolute atomic E-state index is 0.237. The number of primary amides is 1. The van der Waals surface area contributed by atoms with Crippen molar-refractivity contribution in [2.45, 2.75) is 71.8 Å². The fourth-order valence-corrected chi connectivity index (χ4v) is 3.55. The fraction of sp³-hybridized carbons (Fsp3) is 0.941. The quantitative estimate of drug-likeness (QED) is 0.687. The highest BCUT2D eigenvalue weighted by Crippen LogP contribution is 2.37. The number of amides is 1. The van der Waals surface area contributed by atoms with Crippen LogP contribution in [0, 0.1) is 5.41 Å². The highest BCUT2D eigenvalue weighted by atomic mass is 16.1. The van der Waals surface area contributed by atoms with Gasteiger partial charge in [-0.3, -0.25) is 4.79 Å². The molecule has 0 spiro atoms. The lowest BCUT2D eigenvalue weighted by Gasteiger charge is -2.41. The number of hydrogen-bond acceptors (Lipinski definition) is 3. The van der Waals surface area contributed by atoms with E-state index in [1.807, 2.05) is 13.8 Å². The van der Waals surface area contributed by atoms with Crippen molar-refractivity contribution in [1.82, 2.24) is 10.2 Å². The molecule has 1 rings (SSSR count). The molecule has 0 aromatic rings. The van der Waals surface area contributed by atoms with Crippen molar-refractivity contribution in [3.63, 3.8) is 0 Å². The van der Waals surface area contributed by atoms with E-state index in [0.717, 1.165) is 25.9 Å². The molecular weight excluding hydrogens is 262 g/mol. The number of likely N-dealkylation sites (tertiary alicyclic amines) is 1. The second-order valence-corrected chi connectivity index (χ2v) is 6.88. The molecule has 4 nitrogen and oxygen atoms in total. The van der Waals surface area contributed by atoms with Crippen LogP contribution in [0.1, 0.15) is 66.2 Å². The summed E-state index contributed by atoms with van der Waals surface area (Å²) in [7, 11) is 0. The van der Waals surface area contributed by atoms with Crippen molar-refractivity contribution in [1.29, 1.82) is 0 Å². The minimum Gasteiger partial charge on any atom is -0.368 e. The molecule has 0 aromatic heterocycles. The molecule has 0 aromatic carbocycles. The van der Waals surface area contributed by atoms with Crippen molar-refractivity contribution in [2.24, 2.45) is 11.1 Å². The van der Waals surface area contributed by atoms with E-state index in [9.17, 15) is 4.79 Å². The van der Waals surface area contributed by atoms with E-state index >= 15 is 0 Å². The molecule has 1 aliphatic rings. The normalized spacial score (nSPS) is 21.9. The third-order valence-corrected chi connectivity index (χ3v) is 5.68. The van der Waals surface area contributed by atoms with Crippen LogP contribution in [-0.2, 0) is 4.79 Å². The molecule has 1 saturated heterocycles. The Balaban J connectivity index is 2.36. The van der Waals surface area contributed by atoms with Crippen LogP contribution in [0.3, 0.4) is 0 Å². The summed E-state index contributed by atoms with van der Waals surface area (Å²) in [5.41, 5.74) is 5.56. The summed E-state index contributed by atoms with van der Waals surface area (Å²) in [5, 5.41) is 3.23. The van der Waals surface area contributed by atoms with Crippen LogP contribution >= 0.6 is 0 Å². The Morgan fingerprint density at radius 3 is 2.24 bits per heavy atom. The van der Waals surface area contributed by atoms with E-state index < -0.39 is 5.54 Å². The van der Waals surface area contributed by atoms with Gasteiger partial charge in [-0.2, -0.15) is 0 Å². The SMILES string of the molecule is CCNC(C)(CCCN1CCC(CC)(CC)CC1)C(N)=O. The Morgan fingerprint density at radius 1 is 1.24 bits per heavy atom. The largest absolute Gasteiger partial charge is 0.368 e. The molecule has 1 atom stereocenters. The zero-order valence-electron chi connectivity index (χ0n) is 14.5. The minimum atomic E-state index is -0.554. The summed E-state index contributed by atoms with van der Waals surface area (Å²) in [5.74, 6) is -0.237. The maximum atomic E-state index is 11.6. The topological polar surface area (TPSA) is 58.4 Å². The van der Waals surface area contributed by atoms with Gasteiger partial charge in [-0.25, -0.2) is 0 Å². The monoisotopic (exact) mass is 297 g/mol. The summed E-state index contributed by atoms with van der Waals surface area (Å²) in [6, 6.07) is 0. The summed E-state index contributed by atoms with van der Waals surface area (Å²) in [6.45, 7) is 12.9. The number of carbonyl (C=O) groups is 1. The average molecular weight is 297 g/mol. The first-order valence-corrected chi connectivity index (χ1v) is 8.68. The highest BCUT2D eigenvalue weighted by Gasteiger charge is 2.32. The van der Waals surface area contributed by atoms with Crippen LogP contribution in [0.5, 0.6) is 0 Å². The maximum Gasteiger partial charge on any atom is 0.237 e. The van der Waals surface area contributed by atoms with E-state index in [4.69, 9.17) is 5.73 Å². The molecule has 3 N–H and O–H groups in total. The van der Waals surface area contributed by atoms with Crippen molar-refractivity contribution < 1.29 is 4.79 Å². The molecule has 0 bridgehead atoms. The van der Waals surface area contributed by atoms with Gasteiger partial charge in [0.25, 0.3) is 0 Å². The fourth-order valence-electron chi connectivity index (χ4n) is 3.55. The van der Waals surface area contributed by atoms with Gasteiger partial charge in [-0.15, -0.1) is 0 Å². The first-order chi connectivity index (χ1) is 9.91. The Kier molecular flexibility index (Phi) is 7.14. The van der Waals surface area contributed by atoms with Crippen molar-refractivity contribution in [3.05, 3.63) is 0 Å². The van der Waals surface area contributed by atoms with Gasteiger partial charge in [-0.05, 0) is 64.2 Å².